The van der Waals surface area contributed by atoms with E-state index in [1.807, 2.05) is 52.8 Å². The number of hydrogen-bond acceptors (Lipinski definition) is 13. The number of Topliss-reactive ketones (excluding diaryl/α,β-unsaturated/α-hetero) is 1. The second-order valence-electron chi connectivity index (χ2n) is 23.3. The number of hydrogen-bond donors (Lipinski definition) is 4. The Bertz CT molecular complexity index is 3390. The van der Waals surface area contributed by atoms with Crippen LogP contribution in [0.15, 0.2) is 36.4 Å². The molecule has 12 atom stereocenters. The topological polar surface area (TPSA) is 230 Å². The van der Waals surface area contributed by atoms with Crippen molar-refractivity contribution in [3.63, 3.8) is 0 Å². The number of fused-ring (bicyclic) bond motifs is 8. The third-order valence-corrected chi connectivity index (χ3v) is 17.9. The molecule has 10 unspecified atom stereocenters. The van der Waals surface area contributed by atoms with Gasteiger partial charge in [0.2, 0.25) is 5.91 Å². The van der Waals surface area contributed by atoms with Crippen molar-refractivity contribution in [3.8, 4) is 11.1 Å². The van der Waals surface area contributed by atoms with E-state index in [0.717, 1.165) is 91.0 Å². The normalized spacial score (nSPS) is 26.1. The van der Waals surface area contributed by atoms with Gasteiger partial charge < -0.3 is 44.3 Å². The van der Waals surface area contributed by atoms with Crippen molar-refractivity contribution in [2.24, 2.45) is 17.8 Å². The smallest absolute Gasteiger partial charge is 0.303 e. The van der Waals surface area contributed by atoms with Crippen molar-refractivity contribution in [1.82, 2.24) is 30.6 Å². The number of nitrogens with one attached hydrogen (secondary N) is 4. The first-order valence-corrected chi connectivity index (χ1v) is 29.0. The number of nitrogens with zero attached hydrogens (tertiary/aromatic N) is 2. The molecule has 8 bridgehead atoms. The standard InChI is InChI=1S/C64H80N6O11/c1-16-41-31(8)44-27-47-52(28(4)5)35(12)56(67-47)54(39-19-21-40(22-20-39)62(76)70-63-60(78-37(14)72)30(7)29(6)49(17-2)80-63)55-32(9)42(57(69-55)43-25-48(74)53-33(10)45(66-58(43)53)26-46(41)65-44)23-24-51(75)68-64-61(79-38(15)73)59(77-36(13)71)34(11)50(18-3)81-64/h19-22,26-30,32,34,42,49-50,59-61,63-64,66-67H,16-18,23-25H2,1-15H3,(H,68,75)(H,70,76)/t29?,30?,32-,34?,42-,49?,50?,59?,60?,61?,63?,64?/m0/s1. The number of esters is 3. The molecule has 5 aliphatic rings. The number of ketones is 1. The van der Waals surface area contributed by atoms with E-state index >= 15 is 0 Å². The SMILES string of the molecule is CCC1=C(C)c2cc3[nH]c(c(C)c3C(C)C)c(-c3ccc(C(=O)NC4OC(CC)C(C)C(C)C4OC(C)=O)cc3)c3nc(c4c5[nH]c(cc1n2)c(C)c5C(=O)C4)[C@@H](CCC(=O)NC1OC(CC)C(C)C(OC(C)=O)C1OC(C)=O)[C@@H]3C. The number of benzene rings is 1. The average Bonchev–Trinajstić information content (AvgIpc) is 2.92. The van der Waals surface area contributed by atoms with Crippen molar-refractivity contribution >= 4 is 68.7 Å². The van der Waals surface area contributed by atoms with E-state index < -0.39 is 66.6 Å². The number of aromatic nitrogens is 4. The number of aromatic amines is 2. The molecule has 4 aliphatic heterocycles. The first-order valence-electron chi connectivity index (χ1n) is 29.0. The predicted molar refractivity (Wildman–Crippen MR) is 309 cm³/mol. The Morgan fingerprint density at radius 2 is 1.28 bits per heavy atom. The van der Waals surface area contributed by atoms with Crippen LogP contribution in [-0.4, -0.2) is 98.4 Å². The number of allylic oxidation sites excluding steroid dienone is 2. The monoisotopic (exact) mass is 1110 g/mol. The summed E-state index contributed by atoms with van der Waals surface area (Å²) >= 11 is 0. The Morgan fingerprint density at radius 3 is 1.90 bits per heavy atom. The molecule has 2 amide bonds. The van der Waals surface area contributed by atoms with Crippen molar-refractivity contribution in [1.29, 1.82) is 0 Å². The van der Waals surface area contributed by atoms with Crippen LogP contribution in [0.5, 0.6) is 0 Å². The van der Waals surface area contributed by atoms with Crippen LogP contribution in [0.4, 0.5) is 0 Å². The highest BCUT2D eigenvalue weighted by Gasteiger charge is 2.49. The van der Waals surface area contributed by atoms with Crippen LogP contribution in [0.3, 0.4) is 0 Å². The lowest BCUT2D eigenvalue weighted by Crippen LogP contribution is -2.61. The summed E-state index contributed by atoms with van der Waals surface area (Å²) in [7, 11) is 0. The van der Waals surface area contributed by atoms with E-state index in [1.165, 1.54) is 20.8 Å². The Hall–Kier alpha value is -6.98. The van der Waals surface area contributed by atoms with Gasteiger partial charge in [0.15, 0.2) is 24.3 Å². The number of rotatable bonds is 14. The summed E-state index contributed by atoms with van der Waals surface area (Å²) in [6, 6.07) is 11.6. The largest absolute Gasteiger partial charge is 0.458 e. The molecule has 17 heteroatoms. The van der Waals surface area contributed by atoms with Gasteiger partial charge in [-0.2, -0.15) is 0 Å². The van der Waals surface area contributed by atoms with E-state index in [2.05, 4.69) is 75.1 Å². The Morgan fingerprint density at radius 1 is 0.691 bits per heavy atom. The zero-order valence-electron chi connectivity index (χ0n) is 49.6. The number of ether oxygens (including phenoxy) is 5. The Kier molecular flexibility index (Phi) is 17.0. The maximum absolute atomic E-state index is 14.5. The van der Waals surface area contributed by atoms with Gasteiger partial charge in [-0.3, -0.25) is 33.8 Å². The summed E-state index contributed by atoms with van der Waals surface area (Å²) in [5.74, 6) is -3.39. The zero-order valence-corrected chi connectivity index (χ0v) is 49.6. The van der Waals surface area contributed by atoms with E-state index in [-0.39, 0.29) is 60.2 Å². The molecule has 2 saturated heterocycles. The van der Waals surface area contributed by atoms with Gasteiger partial charge in [-0.25, -0.2) is 4.98 Å². The molecule has 1 aromatic carbocycles. The second kappa shape index (κ2) is 23.5. The van der Waals surface area contributed by atoms with Crippen molar-refractivity contribution in [3.05, 3.63) is 92.6 Å². The van der Waals surface area contributed by atoms with Crippen LogP contribution >= 0.6 is 0 Å². The van der Waals surface area contributed by atoms with E-state index in [0.29, 0.717) is 35.2 Å². The van der Waals surface area contributed by atoms with Gasteiger partial charge in [0.25, 0.3) is 5.91 Å². The van der Waals surface area contributed by atoms with Crippen LogP contribution in [-0.2, 0) is 49.3 Å². The summed E-state index contributed by atoms with van der Waals surface area (Å²) in [5, 5.41) is 6.05. The van der Waals surface area contributed by atoms with Gasteiger partial charge in [0.05, 0.1) is 46.0 Å². The van der Waals surface area contributed by atoms with Gasteiger partial charge in [-0.15, -0.1) is 0 Å². The minimum atomic E-state index is -1.11. The summed E-state index contributed by atoms with van der Waals surface area (Å²) in [4.78, 5) is 98.9. The van der Waals surface area contributed by atoms with E-state index in [4.69, 9.17) is 33.7 Å². The fraction of sp³-hybridized carbons (Fsp3) is 0.531. The molecular formula is C64H80N6O11. The third kappa shape index (κ3) is 11.1. The fourth-order valence-corrected chi connectivity index (χ4v) is 13.5. The van der Waals surface area contributed by atoms with Gasteiger partial charge in [0, 0.05) is 90.6 Å². The molecule has 4 aromatic rings. The van der Waals surface area contributed by atoms with Crippen LogP contribution in [0.2, 0.25) is 0 Å². The van der Waals surface area contributed by atoms with Crippen LogP contribution in [0, 0.1) is 31.6 Å². The minimum Gasteiger partial charge on any atom is -0.458 e. The predicted octanol–water partition coefficient (Wildman–Crippen LogP) is 11.3. The van der Waals surface area contributed by atoms with Crippen LogP contribution in [0.25, 0.3) is 44.3 Å². The molecule has 0 radical (unpaired) electrons. The van der Waals surface area contributed by atoms with Gasteiger partial charge in [0.1, 0.15) is 12.2 Å². The lowest BCUT2D eigenvalue weighted by atomic mass is 9.82. The van der Waals surface area contributed by atoms with E-state index in [9.17, 15) is 28.8 Å². The first-order chi connectivity index (χ1) is 38.5. The number of carbonyl (C=O) groups excluding carboxylic acids is 6. The molecule has 0 spiro atoms. The summed E-state index contributed by atoms with van der Waals surface area (Å²) in [5.41, 5.74) is 14.7. The fourth-order valence-electron chi connectivity index (χ4n) is 13.5. The zero-order chi connectivity index (χ0) is 58.6. The van der Waals surface area contributed by atoms with Gasteiger partial charge in [-0.1, -0.05) is 74.4 Å². The average molecular weight is 1110 g/mol. The highest BCUT2D eigenvalue weighted by molar-refractivity contribution is 6.13. The molecule has 2 fully saturated rings. The summed E-state index contributed by atoms with van der Waals surface area (Å²) in [6.07, 6.45) is -2.78. The number of carbonyl (C=O) groups is 6. The molecule has 9 rings (SSSR count). The molecule has 3 aromatic heterocycles. The van der Waals surface area contributed by atoms with Gasteiger partial charge in [-0.05, 0) is 116 Å². The third-order valence-electron chi connectivity index (χ3n) is 17.9. The number of amides is 2. The molecule has 7 heterocycles. The molecule has 432 valence electrons. The minimum absolute atomic E-state index is 0.00366. The lowest BCUT2D eigenvalue weighted by Gasteiger charge is -2.44. The number of H-pyrrole nitrogens is 2. The lowest BCUT2D eigenvalue weighted by molar-refractivity contribution is -0.229. The number of aryl methyl sites for hydroxylation is 2. The molecule has 0 saturated carbocycles. The van der Waals surface area contributed by atoms with Crippen molar-refractivity contribution in [2.75, 3.05) is 0 Å². The Balaban J connectivity index is 1.20. The Labute approximate surface area is 474 Å². The highest BCUT2D eigenvalue weighted by atomic mass is 16.6. The molecule has 1 aliphatic carbocycles. The van der Waals surface area contributed by atoms with Crippen molar-refractivity contribution in [2.45, 2.75) is 203 Å². The summed E-state index contributed by atoms with van der Waals surface area (Å²) in [6.45, 7) is 28.6. The van der Waals surface area contributed by atoms with Crippen LogP contribution < -0.4 is 10.6 Å². The molecule has 81 heavy (non-hydrogen) atoms. The highest BCUT2D eigenvalue weighted by Crippen LogP contribution is 2.49. The molecule has 4 N–H and O–H groups in total. The van der Waals surface area contributed by atoms with E-state index in [1.54, 1.807) is 12.1 Å². The quantitative estimate of drug-likeness (QED) is 0.0681. The maximum Gasteiger partial charge on any atom is 0.303 e. The van der Waals surface area contributed by atoms with Crippen molar-refractivity contribution < 1.29 is 52.5 Å². The molecule has 17 nitrogen and oxygen atoms in total. The summed E-state index contributed by atoms with van der Waals surface area (Å²) < 4.78 is 30.1. The maximum atomic E-state index is 14.5. The van der Waals surface area contributed by atoms with Crippen LogP contribution in [0.1, 0.15) is 206 Å². The van der Waals surface area contributed by atoms with Gasteiger partial charge >= 0.3 is 17.9 Å². The molecular weight excluding hydrogens is 1030 g/mol. The first kappa shape index (κ1) is 58.7. The second-order valence-corrected chi connectivity index (χ2v) is 23.3.